The molecule has 1 aliphatic heterocycles. The molecule has 4 rings (SSSR count). The molecule has 0 spiro atoms. The van der Waals surface area contributed by atoms with Gasteiger partial charge in [0.05, 0.1) is 25.0 Å². The molecule has 3 aromatic rings. The Morgan fingerprint density at radius 2 is 2.25 bits per heavy atom. The van der Waals surface area contributed by atoms with Crippen LogP contribution in [0.15, 0.2) is 18.5 Å². The van der Waals surface area contributed by atoms with Crippen molar-refractivity contribution in [3.63, 3.8) is 0 Å². The van der Waals surface area contributed by atoms with Crippen LogP contribution in [0.1, 0.15) is 16.2 Å². The third kappa shape index (κ3) is 1.67. The number of aromatic carboxylic acids is 1. The maximum Gasteiger partial charge on any atom is 0.356 e. The van der Waals surface area contributed by atoms with Crippen LogP contribution in [-0.4, -0.2) is 42.0 Å². The van der Waals surface area contributed by atoms with E-state index >= 15 is 0 Å². The summed E-state index contributed by atoms with van der Waals surface area (Å²) in [5.74, 6) is -0.994. The Bertz CT molecular complexity index is 774. The topological polar surface area (TPSA) is 88.5 Å². The minimum Gasteiger partial charge on any atom is -0.476 e. The van der Waals surface area contributed by atoms with Crippen molar-refractivity contribution in [2.24, 2.45) is 0 Å². The lowest BCUT2D eigenvalue weighted by atomic mass is 10.3. The molecule has 0 bridgehead atoms. The van der Waals surface area contributed by atoms with E-state index in [1.165, 1.54) is 11.3 Å². The highest BCUT2D eigenvalue weighted by Crippen LogP contribution is 2.26. The van der Waals surface area contributed by atoms with Gasteiger partial charge in [0.2, 0.25) is 10.1 Å². The molecule has 1 aliphatic rings. The first kappa shape index (κ1) is 11.4. The largest absolute Gasteiger partial charge is 0.476 e. The van der Waals surface area contributed by atoms with Crippen LogP contribution in [0.5, 0.6) is 0 Å². The molecule has 3 aromatic heterocycles. The van der Waals surface area contributed by atoms with Crippen LogP contribution in [0.4, 0.5) is 5.13 Å². The minimum absolute atomic E-state index is 0.0933. The van der Waals surface area contributed by atoms with Crippen molar-refractivity contribution < 1.29 is 9.90 Å². The third-order valence-electron chi connectivity index (χ3n) is 3.25. The Hall–Kier alpha value is -2.42. The van der Waals surface area contributed by atoms with Crippen LogP contribution in [0.2, 0.25) is 0 Å². The van der Waals surface area contributed by atoms with Gasteiger partial charge in [0.1, 0.15) is 0 Å². The molecule has 0 radical (unpaired) electrons. The molecule has 1 N–H and O–H groups in total. The highest BCUT2D eigenvalue weighted by atomic mass is 32.1. The Kier molecular flexibility index (Phi) is 2.30. The second kappa shape index (κ2) is 4.04. The number of anilines is 1. The van der Waals surface area contributed by atoms with Crippen LogP contribution >= 0.6 is 11.3 Å². The van der Waals surface area contributed by atoms with Gasteiger partial charge in [0.25, 0.3) is 0 Å². The molecule has 0 saturated heterocycles. The van der Waals surface area contributed by atoms with Gasteiger partial charge in [0.15, 0.2) is 5.69 Å². The first-order valence-electron chi connectivity index (χ1n) is 6.06. The smallest absolute Gasteiger partial charge is 0.356 e. The lowest BCUT2D eigenvalue weighted by molar-refractivity contribution is 0.0689. The number of imidazole rings is 1. The zero-order valence-electron chi connectivity index (χ0n) is 10.3. The molecule has 0 amide bonds. The van der Waals surface area contributed by atoms with Gasteiger partial charge in [-0.05, 0) is 6.07 Å². The summed E-state index contributed by atoms with van der Waals surface area (Å²) in [4.78, 5) is 18.1. The summed E-state index contributed by atoms with van der Waals surface area (Å²) in [5, 5.41) is 18.4. The van der Waals surface area contributed by atoms with Gasteiger partial charge in [-0.1, -0.05) is 11.3 Å². The molecule has 4 heterocycles. The van der Waals surface area contributed by atoms with Gasteiger partial charge in [-0.2, -0.15) is 5.10 Å². The Labute approximate surface area is 116 Å². The zero-order chi connectivity index (χ0) is 13.7. The summed E-state index contributed by atoms with van der Waals surface area (Å²) in [6.07, 6.45) is 3.53. The van der Waals surface area contributed by atoms with Crippen LogP contribution in [0.3, 0.4) is 0 Å². The molecule has 8 nitrogen and oxygen atoms in total. The van der Waals surface area contributed by atoms with Gasteiger partial charge in [-0.25, -0.2) is 14.3 Å². The number of aromatic nitrogens is 5. The second-order valence-corrected chi connectivity index (χ2v) is 5.44. The molecule has 102 valence electrons. The van der Waals surface area contributed by atoms with Crippen LogP contribution in [0, 0.1) is 0 Å². The monoisotopic (exact) mass is 290 g/mol. The van der Waals surface area contributed by atoms with Gasteiger partial charge in [-0.15, -0.1) is 5.10 Å². The maximum atomic E-state index is 10.9. The predicted molar refractivity (Wildman–Crippen MR) is 71.1 cm³/mol. The quantitative estimate of drug-likeness (QED) is 0.747. The molecule has 0 atom stereocenters. The summed E-state index contributed by atoms with van der Waals surface area (Å²) in [5.41, 5.74) is 0.984. The highest BCUT2D eigenvalue weighted by Gasteiger charge is 2.23. The summed E-state index contributed by atoms with van der Waals surface area (Å²) in [6.45, 7) is 2.02. The molecule has 0 saturated carbocycles. The van der Waals surface area contributed by atoms with E-state index in [9.17, 15) is 4.79 Å². The molecular weight excluding hydrogens is 280 g/mol. The minimum atomic E-state index is -0.994. The Morgan fingerprint density at radius 1 is 1.35 bits per heavy atom. The van der Waals surface area contributed by atoms with Gasteiger partial charge >= 0.3 is 5.97 Å². The van der Waals surface area contributed by atoms with Gasteiger partial charge in [0, 0.05) is 12.7 Å². The first-order chi connectivity index (χ1) is 9.70. The van der Waals surface area contributed by atoms with E-state index in [2.05, 4.69) is 20.1 Å². The van der Waals surface area contributed by atoms with E-state index in [0.717, 1.165) is 22.3 Å². The van der Waals surface area contributed by atoms with Crippen molar-refractivity contribution in [1.29, 1.82) is 0 Å². The number of hydrogen-bond donors (Lipinski definition) is 1. The van der Waals surface area contributed by atoms with Crippen molar-refractivity contribution in [2.45, 2.75) is 13.1 Å². The predicted octanol–water partition coefficient (Wildman–Crippen LogP) is 0.706. The molecule has 20 heavy (non-hydrogen) atoms. The molecule has 0 aromatic carbocycles. The fourth-order valence-corrected chi connectivity index (χ4v) is 3.17. The van der Waals surface area contributed by atoms with E-state index in [-0.39, 0.29) is 5.69 Å². The molecule has 0 aliphatic carbocycles. The lowest BCUT2D eigenvalue weighted by Gasteiger charge is -2.26. The Balaban J connectivity index is 1.65. The summed E-state index contributed by atoms with van der Waals surface area (Å²) < 4.78 is 3.49. The third-order valence-corrected chi connectivity index (χ3v) is 4.25. The van der Waals surface area contributed by atoms with Crippen molar-refractivity contribution in [3.05, 3.63) is 29.8 Å². The van der Waals surface area contributed by atoms with Crippen molar-refractivity contribution in [2.75, 3.05) is 11.4 Å². The molecular formula is C11H10N6O2S. The van der Waals surface area contributed by atoms with E-state index in [0.29, 0.717) is 13.1 Å². The van der Waals surface area contributed by atoms with E-state index in [1.807, 2.05) is 6.20 Å². The summed E-state index contributed by atoms with van der Waals surface area (Å²) in [6, 6.07) is 1.62. The maximum absolute atomic E-state index is 10.9. The summed E-state index contributed by atoms with van der Waals surface area (Å²) >= 11 is 1.52. The number of rotatable bonds is 2. The van der Waals surface area contributed by atoms with E-state index in [1.54, 1.807) is 21.5 Å². The number of fused-ring (bicyclic) bond motifs is 2. The SMILES string of the molecule is O=C(O)c1cc2n(n1)CCN(c1nn3ccnc3s1)C2. The fourth-order valence-electron chi connectivity index (χ4n) is 2.29. The molecule has 0 fully saturated rings. The van der Waals surface area contributed by atoms with E-state index < -0.39 is 5.97 Å². The van der Waals surface area contributed by atoms with Crippen molar-refractivity contribution in [3.8, 4) is 0 Å². The lowest BCUT2D eigenvalue weighted by Crippen LogP contribution is -2.33. The summed E-state index contributed by atoms with van der Waals surface area (Å²) in [7, 11) is 0. The van der Waals surface area contributed by atoms with Gasteiger partial charge in [-0.3, -0.25) is 4.68 Å². The normalized spacial score (nSPS) is 14.7. The number of carboxylic acid groups (broad SMARTS) is 1. The zero-order valence-corrected chi connectivity index (χ0v) is 11.1. The average molecular weight is 290 g/mol. The molecule has 9 heteroatoms. The van der Waals surface area contributed by atoms with Crippen LogP contribution in [0.25, 0.3) is 4.96 Å². The van der Waals surface area contributed by atoms with E-state index in [4.69, 9.17) is 5.11 Å². The number of nitrogens with zero attached hydrogens (tertiary/aromatic N) is 6. The fraction of sp³-hybridized carbons (Fsp3) is 0.273. The second-order valence-electron chi connectivity index (χ2n) is 4.51. The number of carboxylic acids is 1. The first-order valence-corrected chi connectivity index (χ1v) is 6.87. The van der Waals surface area contributed by atoms with Crippen LogP contribution < -0.4 is 4.90 Å². The highest BCUT2D eigenvalue weighted by molar-refractivity contribution is 7.20. The number of carbonyl (C=O) groups is 1. The van der Waals surface area contributed by atoms with Crippen molar-refractivity contribution >= 4 is 27.4 Å². The molecule has 0 unspecified atom stereocenters. The van der Waals surface area contributed by atoms with Crippen LogP contribution in [-0.2, 0) is 13.1 Å². The standard InChI is InChI=1S/C11H10N6O2S/c18-9(19)8-5-7-6-15(3-4-16(7)13-8)11-14-17-2-1-12-10(17)20-11/h1-2,5H,3-4,6H2,(H,18,19). The average Bonchev–Trinajstić information content (AvgIpc) is 3.10. The van der Waals surface area contributed by atoms with Crippen molar-refractivity contribution in [1.82, 2.24) is 24.4 Å². The number of hydrogen-bond acceptors (Lipinski definition) is 6. The Morgan fingerprint density at radius 3 is 3.05 bits per heavy atom. The van der Waals surface area contributed by atoms with Gasteiger partial charge < -0.3 is 10.0 Å².